The zero-order chi connectivity index (χ0) is 23.5. The van der Waals surface area contributed by atoms with E-state index in [1.807, 2.05) is 0 Å². The average molecular weight is 504 g/mol. The van der Waals surface area contributed by atoms with E-state index in [4.69, 9.17) is 0 Å². The number of benzene rings is 2. The van der Waals surface area contributed by atoms with E-state index in [-0.39, 0.29) is 23.8 Å². The number of amides is 1. The molecule has 0 atom stereocenters. The predicted molar refractivity (Wildman–Crippen MR) is 129 cm³/mol. The number of hydrogen-bond donors (Lipinski definition) is 1. The Bertz CT molecular complexity index is 1460. The van der Waals surface area contributed by atoms with Crippen molar-refractivity contribution in [2.45, 2.75) is 13.5 Å². The van der Waals surface area contributed by atoms with Crippen LogP contribution in [0.5, 0.6) is 0 Å². The molecule has 0 saturated carbocycles. The molecule has 0 spiro atoms. The van der Waals surface area contributed by atoms with Gasteiger partial charge in [0.05, 0.1) is 11.1 Å². The van der Waals surface area contributed by atoms with Crippen LogP contribution in [0.25, 0.3) is 10.9 Å². The molecule has 8 heteroatoms. The van der Waals surface area contributed by atoms with Crippen LogP contribution < -0.4 is 10.7 Å². The molecule has 0 aliphatic carbocycles. The largest absolute Gasteiger partial charge is 0.337 e. The van der Waals surface area contributed by atoms with Gasteiger partial charge >= 0.3 is 0 Å². The summed E-state index contributed by atoms with van der Waals surface area (Å²) in [4.78, 5) is 54.5. The van der Waals surface area contributed by atoms with Crippen LogP contribution in [0.2, 0.25) is 0 Å². The molecule has 7 nitrogen and oxygen atoms in total. The van der Waals surface area contributed by atoms with Gasteiger partial charge in [0.2, 0.25) is 11.3 Å². The molecule has 0 aliphatic rings. The van der Waals surface area contributed by atoms with Crippen LogP contribution in [0, 0.1) is 0 Å². The Labute approximate surface area is 197 Å². The van der Waals surface area contributed by atoms with Gasteiger partial charge < -0.3 is 9.88 Å². The zero-order valence-electron chi connectivity index (χ0n) is 17.5. The molecule has 4 rings (SSSR count). The lowest BCUT2D eigenvalue weighted by atomic mass is 10.0. The quantitative estimate of drug-likeness (QED) is 0.397. The van der Waals surface area contributed by atoms with Crippen LogP contribution in [0.4, 0.5) is 5.69 Å². The first kappa shape index (κ1) is 22.3. The van der Waals surface area contributed by atoms with Crippen LogP contribution in [0.1, 0.15) is 33.2 Å². The summed E-state index contributed by atoms with van der Waals surface area (Å²) >= 11 is 3.36. The summed E-state index contributed by atoms with van der Waals surface area (Å²) in [6.07, 6.45) is 4.37. The van der Waals surface area contributed by atoms with E-state index in [0.717, 1.165) is 0 Å². The average Bonchev–Trinajstić information content (AvgIpc) is 2.81. The Morgan fingerprint density at radius 1 is 1.00 bits per heavy atom. The van der Waals surface area contributed by atoms with Gasteiger partial charge in [-0.25, -0.2) is 0 Å². The molecule has 2 aromatic heterocycles. The number of anilines is 1. The third kappa shape index (κ3) is 4.80. The smallest absolute Gasteiger partial charge is 0.244 e. The van der Waals surface area contributed by atoms with Gasteiger partial charge in [0.1, 0.15) is 6.54 Å². The zero-order valence-corrected chi connectivity index (χ0v) is 19.1. The van der Waals surface area contributed by atoms with Crippen molar-refractivity contribution in [3.05, 3.63) is 105 Å². The second-order valence-electron chi connectivity index (χ2n) is 7.41. The summed E-state index contributed by atoms with van der Waals surface area (Å²) in [6, 6.07) is 14.8. The number of nitrogens with one attached hydrogen (secondary N) is 1. The van der Waals surface area contributed by atoms with Gasteiger partial charge in [-0.1, -0.05) is 28.1 Å². The van der Waals surface area contributed by atoms with Crippen LogP contribution >= 0.6 is 15.9 Å². The molecule has 1 N–H and O–H groups in total. The number of rotatable bonds is 6. The second kappa shape index (κ2) is 9.30. The highest BCUT2D eigenvalue weighted by molar-refractivity contribution is 9.10. The van der Waals surface area contributed by atoms with Crippen molar-refractivity contribution in [1.82, 2.24) is 9.55 Å². The molecular formula is C25H18BrN3O4. The molecule has 33 heavy (non-hydrogen) atoms. The number of carbonyl (C=O) groups excluding carboxylic acids is 3. The standard InChI is InChI=1S/C25H18BrN3O4/c1-15(30)17-3-2-4-19(11-17)28-23(31)14-29-13-21(24(32)16-7-9-27-10-8-16)25(33)20-12-18(26)5-6-22(20)29/h2-13H,14H2,1H3,(H,28,31). The summed E-state index contributed by atoms with van der Waals surface area (Å²) in [6.45, 7) is 1.31. The van der Waals surface area contributed by atoms with Crippen LogP contribution in [0.15, 0.2) is 82.5 Å². The fourth-order valence-electron chi connectivity index (χ4n) is 3.49. The number of fused-ring (bicyclic) bond motifs is 1. The summed E-state index contributed by atoms with van der Waals surface area (Å²) in [5.41, 5.74) is 1.35. The molecule has 0 saturated heterocycles. The van der Waals surface area contributed by atoms with E-state index in [1.54, 1.807) is 47.0 Å². The second-order valence-corrected chi connectivity index (χ2v) is 8.33. The van der Waals surface area contributed by atoms with E-state index in [9.17, 15) is 19.2 Å². The van der Waals surface area contributed by atoms with Gasteiger partial charge in [0.25, 0.3) is 0 Å². The molecule has 4 aromatic rings. The number of halogens is 1. The molecule has 1 amide bonds. The summed E-state index contributed by atoms with van der Waals surface area (Å²) in [5.74, 6) is -0.930. The Balaban J connectivity index is 1.74. The van der Waals surface area contributed by atoms with Crippen LogP contribution in [0.3, 0.4) is 0 Å². The Morgan fingerprint density at radius 3 is 2.48 bits per heavy atom. The number of nitrogens with zero attached hydrogens (tertiary/aromatic N) is 2. The third-order valence-corrected chi connectivity index (χ3v) is 5.59. The van der Waals surface area contributed by atoms with Gasteiger partial charge in [-0.3, -0.25) is 24.2 Å². The normalized spacial score (nSPS) is 10.7. The van der Waals surface area contributed by atoms with Gasteiger partial charge in [-0.2, -0.15) is 0 Å². The summed E-state index contributed by atoms with van der Waals surface area (Å²) in [5, 5.41) is 3.08. The first-order valence-electron chi connectivity index (χ1n) is 10.0. The Morgan fingerprint density at radius 2 is 1.76 bits per heavy atom. The first-order valence-corrected chi connectivity index (χ1v) is 10.8. The highest BCUT2D eigenvalue weighted by Crippen LogP contribution is 2.20. The lowest BCUT2D eigenvalue weighted by Gasteiger charge is -2.14. The molecule has 0 fully saturated rings. The number of carbonyl (C=O) groups is 3. The minimum Gasteiger partial charge on any atom is -0.337 e. The molecule has 0 aliphatic heterocycles. The Hall–Kier alpha value is -3.91. The van der Waals surface area contributed by atoms with Crippen LogP contribution in [-0.2, 0) is 11.3 Å². The molecule has 0 radical (unpaired) electrons. The van der Waals surface area contributed by atoms with Crippen molar-refractivity contribution >= 4 is 50.0 Å². The molecule has 0 bridgehead atoms. The Kier molecular flexibility index (Phi) is 6.28. The number of Topliss-reactive ketones (excluding diaryl/α,β-unsaturated/α-hetero) is 1. The lowest BCUT2D eigenvalue weighted by Crippen LogP contribution is -2.24. The maximum absolute atomic E-state index is 13.1. The van der Waals surface area contributed by atoms with Crippen molar-refractivity contribution in [3.63, 3.8) is 0 Å². The monoisotopic (exact) mass is 503 g/mol. The maximum atomic E-state index is 13.1. The molecular weight excluding hydrogens is 486 g/mol. The molecule has 164 valence electrons. The maximum Gasteiger partial charge on any atom is 0.244 e. The lowest BCUT2D eigenvalue weighted by molar-refractivity contribution is -0.116. The number of ketones is 2. The van der Waals surface area contributed by atoms with Gasteiger partial charge in [0, 0.05) is 45.3 Å². The number of pyridine rings is 2. The minimum atomic E-state index is -0.451. The fourth-order valence-corrected chi connectivity index (χ4v) is 3.85. The van der Waals surface area contributed by atoms with E-state index >= 15 is 0 Å². The van der Waals surface area contributed by atoms with E-state index in [2.05, 4.69) is 26.2 Å². The SMILES string of the molecule is CC(=O)c1cccc(NC(=O)Cn2cc(C(=O)c3ccncc3)c(=O)c3cc(Br)ccc32)c1. The van der Waals surface area contributed by atoms with E-state index in [0.29, 0.717) is 32.2 Å². The molecule has 2 aromatic carbocycles. The van der Waals surface area contributed by atoms with E-state index in [1.165, 1.54) is 37.6 Å². The first-order chi connectivity index (χ1) is 15.8. The predicted octanol–water partition coefficient (Wildman–Crippen LogP) is 4.23. The highest BCUT2D eigenvalue weighted by atomic mass is 79.9. The fraction of sp³-hybridized carbons (Fsp3) is 0.0800. The summed E-state index contributed by atoms with van der Waals surface area (Å²) < 4.78 is 2.25. The van der Waals surface area contributed by atoms with Crippen molar-refractivity contribution in [2.24, 2.45) is 0 Å². The van der Waals surface area contributed by atoms with Crippen molar-refractivity contribution < 1.29 is 14.4 Å². The van der Waals surface area contributed by atoms with Gasteiger partial charge in [0.15, 0.2) is 11.6 Å². The topological polar surface area (TPSA) is 98.1 Å². The summed E-state index contributed by atoms with van der Waals surface area (Å²) in [7, 11) is 0. The van der Waals surface area contributed by atoms with Gasteiger partial charge in [-0.05, 0) is 49.4 Å². The van der Waals surface area contributed by atoms with Crippen molar-refractivity contribution in [1.29, 1.82) is 0 Å². The van der Waals surface area contributed by atoms with E-state index < -0.39 is 11.2 Å². The van der Waals surface area contributed by atoms with Crippen molar-refractivity contribution in [2.75, 3.05) is 5.32 Å². The number of aromatic nitrogens is 2. The van der Waals surface area contributed by atoms with Crippen LogP contribution in [-0.4, -0.2) is 27.0 Å². The van der Waals surface area contributed by atoms with Gasteiger partial charge in [-0.15, -0.1) is 0 Å². The highest BCUT2D eigenvalue weighted by Gasteiger charge is 2.18. The van der Waals surface area contributed by atoms with Crippen molar-refractivity contribution in [3.8, 4) is 0 Å². The number of hydrogen-bond acceptors (Lipinski definition) is 5. The minimum absolute atomic E-state index is 0.0434. The third-order valence-electron chi connectivity index (χ3n) is 5.10. The molecule has 0 unspecified atom stereocenters. The molecule has 2 heterocycles.